The third kappa shape index (κ3) is 3.51. The van der Waals surface area contributed by atoms with Crippen molar-refractivity contribution in [3.8, 4) is 0 Å². The van der Waals surface area contributed by atoms with Crippen LogP contribution in [0.15, 0.2) is 43.0 Å². The van der Waals surface area contributed by atoms with Gasteiger partial charge in [0.05, 0.1) is 0 Å². The molecule has 0 unspecified atom stereocenters. The largest absolute Gasteiger partial charge is 0.511 e. The first-order valence-electron chi connectivity index (χ1n) is 9.68. The maximum Gasteiger partial charge on any atom is 0.317 e. The fourth-order valence-electron chi connectivity index (χ4n) is 5.00. The van der Waals surface area contributed by atoms with Crippen LogP contribution in [0.25, 0.3) is 0 Å². The first-order chi connectivity index (χ1) is 11.8. The van der Waals surface area contributed by atoms with E-state index in [1.54, 1.807) is 0 Å². The predicted octanol–water partition coefficient (Wildman–Crippen LogP) is 5.24. The molecule has 3 rings (SSSR count). The Kier molecular flexibility index (Phi) is 5.93. The van der Waals surface area contributed by atoms with E-state index >= 15 is 0 Å². The molecule has 2 fully saturated rings. The molecule has 0 saturated heterocycles. The highest BCUT2D eigenvalue weighted by atomic mass is 28.4. The number of carbonyl (C=O) groups is 1. The zero-order valence-corrected chi connectivity index (χ0v) is 15.7. The first kappa shape index (κ1) is 17.5. The standard InChI is InChI=1S/C21H30O2Si/c1-2-21(22)23-24(18-12-6-3-7-13-18,19-14-8-4-9-15-19)20-16-10-5-11-17-20/h2-3,6-7,12-13,19-20H,1,4-5,8-11,14-17H2. The summed E-state index contributed by atoms with van der Waals surface area (Å²) >= 11 is 0. The third-order valence-corrected chi connectivity index (χ3v) is 11.4. The second-order valence-electron chi connectivity index (χ2n) is 7.45. The van der Waals surface area contributed by atoms with Crippen LogP contribution in [0.2, 0.25) is 11.1 Å². The summed E-state index contributed by atoms with van der Waals surface area (Å²) in [6.07, 6.45) is 14.1. The number of hydrogen-bond donors (Lipinski definition) is 0. The molecule has 0 radical (unpaired) electrons. The summed E-state index contributed by atoms with van der Waals surface area (Å²) in [7, 11) is -2.37. The van der Waals surface area contributed by atoms with E-state index in [1.807, 2.05) is 0 Å². The molecule has 24 heavy (non-hydrogen) atoms. The number of benzene rings is 1. The molecule has 1 aromatic carbocycles. The van der Waals surface area contributed by atoms with Crippen molar-refractivity contribution in [1.29, 1.82) is 0 Å². The molecule has 0 aromatic heterocycles. The van der Waals surface area contributed by atoms with E-state index in [0.717, 1.165) is 0 Å². The van der Waals surface area contributed by atoms with Crippen LogP contribution in [0.1, 0.15) is 64.2 Å². The second kappa shape index (κ2) is 8.15. The zero-order valence-electron chi connectivity index (χ0n) is 14.7. The van der Waals surface area contributed by atoms with Crippen LogP contribution in [0.3, 0.4) is 0 Å². The maximum atomic E-state index is 12.4. The van der Waals surface area contributed by atoms with Crippen molar-refractivity contribution < 1.29 is 9.22 Å². The van der Waals surface area contributed by atoms with Crippen molar-refractivity contribution in [1.82, 2.24) is 0 Å². The van der Waals surface area contributed by atoms with E-state index in [-0.39, 0.29) is 5.97 Å². The van der Waals surface area contributed by atoms with Crippen LogP contribution in [0, 0.1) is 0 Å². The molecule has 1 aromatic rings. The van der Waals surface area contributed by atoms with Gasteiger partial charge in [-0.15, -0.1) is 0 Å². The Hall–Kier alpha value is -1.35. The highest BCUT2D eigenvalue weighted by molar-refractivity contribution is 6.90. The van der Waals surface area contributed by atoms with E-state index in [4.69, 9.17) is 4.43 Å². The van der Waals surface area contributed by atoms with Gasteiger partial charge in [-0.25, -0.2) is 4.79 Å². The average Bonchev–Trinajstić information content (AvgIpc) is 2.68. The van der Waals surface area contributed by atoms with E-state index in [0.29, 0.717) is 11.1 Å². The molecule has 0 bridgehead atoms. The Balaban J connectivity index is 2.06. The lowest BCUT2D eigenvalue weighted by atomic mass is 9.99. The Morgan fingerprint density at radius 1 is 0.917 bits per heavy atom. The molecule has 3 heteroatoms. The molecule has 0 aliphatic heterocycles. The molecule has 2 saturated carbocycles. The minimum atomic E-state index is -2.37. The average molecular weight is 343 g/mol. The quantitative estimate of drug-likeness (QED) is 0.540. The molecular formula is C21H30O2Si. The van der Waals surface area contributed by atoms with Gasteiger partial charge >= 0.3 is 5.97 Å². The molecule has 0 spiro atoms. The molecule has 2 nitrogen and oxygen atoms in total. The van der Waals surface area contributed by atoms with Crippen LogP contribution >= 0.6 is 0 Å². The number of hydrogen-bond acceptors (Lipinski definition) is 2. The van der Waals surface area contributed by atoms with Crippen molar-refractivity contribution in [2.75, 3.05) is 0 Å². The van der Waals surface area contributed by atoms with Gasteiger partial charge < -0.3 is 4.43 Å². The minimum Gasteiger partial charge on any atom is -0.511 e. The van der Waals surface area contributed by atoms with Gasteiger partial charge in [-0.2, -0.15) is 0 Å². The molecule has 2 aliphatic carbocycles. The van der Waals surface area contributed by atoms with Crippen LogP contribution < -0.4 is 5.19 Å². The van der Waals surface area contributed by atoms with Gasteiger partial charge in [0.1, 0.15) is 0 Å². The predicted molar refractivity (Wildman–Crippen MR) is 102 cm³/mol. The van der Waals surface area contributed by atoms with Crippen molar-refractivity contribution >= 4 is 19.5 Å². The second-order valence-corrected chi connectivity index (χ2v) is 11.5. The topological polar surface area (TPSA) is 26.3 Å². The molecule has 0 heterocycles. The summed E-state index contributed by atoms with van der Waals surface area (Å²) in [6.45, 7) is 3.68. The third-order valence-electron chi connectivity index (χ3n) is 6.08. The van der Waals surface area contributed by atoms with Gasteiger partial charge in [-0.05, 0) is 42.0 Å². The Morgan fingerprint density at radius 2 is 1.42 bits per heavy atom. The van der Waals surface area contributed by atoms with Crippen LogP contribution in [0.5, 0.6) is 0 Å². The number of rotatable bonds is 5. The highest BCUT2D eigenvalue weighted by Crippen LogP contribution is 2.48. The lowest BCUT2D eigenvalue weighted by Gasteiger charge is -2.46. The lowest BCUT2D eigenvalue weighted by Crippen LogP contribution is -2.60. The molecule has 0 amide bonds. The van der Waals surface area contributed by atoms with Crippen molar-refractivity contribution in [2.24, 2.45) is 0 Å². The molecule has 0 atom stereocenters. The minimum absolute atomic E-state index is 0.207. The summed E-state index contributed by atoms with van der Waals surface area (Å²) in [5, 5.41) is 1.33. The smallest absolute Gasteiger partial charge is 0.317 e. The zero-order chi connectivity index (χ0) is 16.8. The summed E-state index contributed by atoms with van der Waals surface area (Å²) in [4.78, 5) is 12.4. The summed E-state index contributed by atoms with van der Waals surface area (Å²) in [5.41, 5.74) is 1.14. The van der Waals surface area contributed by atoms with Crippen LogP contribution in [-0.2, 0) is 9.22 Å². The highest BCUT2D eigenvalue weighted by Gasteiger charge is 2.53. The fourth-order valence-corrected chi connectivity index (χ4v) is 10.7. The summed E-state index contributed by atoms with van der Waals surface area (Å²) in [6, 6.07) is 10.8. The maximum absolute atomic E-state index is 12.4. The van der Waals surface area contributed by atoms with Gasteiger partial charge in [0.25, 0.3) is 8.32 Å². The first-order valence-corrected chi connectivity index (χ1v) is 11.7. The van der Waals surface area contributed by atoms with Gasteiger partial charge in [0.15, 0.2) is 0 Å². The van der Waals surface area contributed by atoms with Gasteiger partial charge in [-0.3, -0.25) is 0 Å². The van der Waals surface area contributed by atoms with Crippen molar-refractivity contribution in [2.45, 2.75) is 75.3 Å². The SMILES string of the molecule is C=CC(=O)O[Si](c1ccccc1)(C1CCCCC1)C1CCCCC1. The fraction of sp³-hybridized carbons (Fsp3) is 0.571. The Bertz CT molecular complexity index is 524. The summed E-state index contributed by atoms with van der Waals surface area (Å²) < 4.78 is 6.43. The number of carbonyl (C=O) groups excluding carboxylic acids is 1. The van der Waals surface area contributed by atoms with Gasteiger partial charge in [-0.1, -0.05) is 75.4 Å². The van der Waals surface area contributed by atoms with E-state index in [2.05, 4.69) is 36.9 Å². The lowest BCUT2D eigenvalue weighted by molar-refractivity contribution is -0.130. The van der Waals surface area contributed by atoms with E-state index in [1.165, 1.54) is 75.5 Å². The van der Waals surface area contributed by atoms with Crippen molar-refractivity contribution in [3.63, 3.8) is 0 Å². The van der Waals surface area contributed by atoms with Crippen molar-refractivity contribution in [3.05, 3.63) is 43.0 Å². The Labute approximate surface area is 147 Å². The molecule has 0 N–H and O–H groups in total. The van der Waals surface area contributed by atoms with Crippen LogP contribution in [-0.4, -0.2) is 14.3 Å². The normalized spacial score (nSPS) is 20.5. The molecule has 2 aliphatic rings. The monoisotopic (exact) mass is 342 g/mol. The van der Waals surface area contributed by atoms with Gasteiger partial charge in [0, 0.05) is 6.08 Å². The van der Waals surface area contributed by atoms with E-state index < -0.39 is 8.32 Å². The molecule has 130 valence electrons. The molecular weight excluding hydrogens is 312 g/mol. The van der Waals surface area contributed by atoms with Gasteiger partial charge in [0.2, 0.25) is 0 Å². The summed E-state index contributed by atoms with van der Waals surface area (Å²) in [5.74, 6) is -0.207. The van der Waals surface area contributed by atoms with Crippen LogP contribution in [0.4, 0.5) is 0 Å². The Morgan fingerprint density at radius 3 is 1.88 bits per heavy atom. The van der Waals surface area contributed by atoms with E-state index in [9.17, 15) is 4.79 Å².